The van der Waals surface area contributed by atoms with Crippen LogP contribution < -0.4 is 0 Å². The van der Waals surface area contributed by atoms with Crippen molar-refractivity contribution in [2.75, 3.05) is 33.4 Å². The molecule has 1 saturated carbocycles. The Labute approximate surface area is 105 Å². The van der Waals surface area contributed by atoms with Crippen molar-refractivity contribution in [1.29, 1.82) is 0 Å². The maximum atomic E-state index is 10.3. The number of rotatable bonds is 8. The quantitative estimate of drug-likeness (QED) is 0.660. The fraction of sp³-hybridized carbons (Fsp3) is 1.00. The van der Waals surface area contributed by atoms with E-state index in [9.17, 15) is 5.11 Å². The first-order chi connectivity index (χ1) is 8.09. The molecule has 1 N–H and O–H groups in total. The first-order valence-electron chi connectivity index (χ1n) is 6.74. The predicted octanol–water partition coefficient (Wildman–Crippen LogP) is 1.62. The molecule has 0 saturated heterocycles. The lowest BCUT2D eigenvalue weighted by Gasteiger charge is -2.30. The van der Waals surface area contributed by atoms with Gasteiger partial charge in [-0.2, -0.15) is 0 Å². The van der Waals surface area contributed by atoms with E-state index >= 15 is 0 Å². The summed E-state index contributed by atoms with van der Waals surface area (Å²) in [5.41, 5.74) is -0.488. The second-order valence-electron chi connectivity index (χ2n) is 4.97. The molecule has 0 radical (unpaired) electrons. The lowest BCUT2D eigenvalue weighted by molar-refractivity contribution is -0.149. The molecule has 4 nitrogen and oxygen atoms in total. The van der Waals surface area contributed by atoms with Crippen LogP contribution in [0.4, 0.5) is 0 Å². The topological polar surface area (TPSA) is 41.9 Å². The molecule has 0 unspecified atom stereocenters. The first kappa shape index (κ1) is 14.9. The standard InChI is InChI=1S/C13H27NO3/c1-4-16-12(17-5-2)10-14(3)11-13(15)8-6-7-9-13/h12,15H,4-11H2,1-3H3. The highest BCUT2D eigenvalue weighted by molar-refractivity contribution is 4.86. The van der Waals surface area contributed by atoms with Gasteiger partial charge in [-0.05, 0) is 33.7 Å². The van der Waals surface area contributed by atoms with Crippen molar-refractivity contribution in [2.24, 2.45) is 0 Å². The van der Waals surface area contributed by atoms with E-state index in [4.69, 9.17) is 9.47 Å². The monoisotopic (exact) mass is 245 g/mol. The highest BCUT2D eigenvalue weighted by Gasteiger charge is 2.32. The number of likely N-dealkylation sites (N-methyl/N-ethyl adjacent to an activating group) is 1. The summed E-state index contributed by atoms with van der Waals surface area (Å²) in [6, 6.07) is 0. The minimum Gasteiger partial charge on any atom is -0.389 e. The van der Waals surface area contributed by atoms with Gasteiger partial charge >= 0.3 is 0 Å². The van der Waals surface area contributed by atoms with Crippen LogP contribution in [0.25, 0.3) is 0 Å². The Kier molecular flexibility index (Phi) is 6.41. The Morgan fingerprint density at radius 2 is 1.71 bits per heavy atom. The SMILES string of the molecule is CCOC(CN(C)CC1(O)CCCC1)OCC. The minimum atomic E-state index is -0.488. The maximum Gasteiger partial charge on any atom is 0.170 e. The molecule has 0 atom stereocenters. The van der Waals surface area contributed by atoms with Crippen molar-refractivity contribution in [3.8, 4) is 0 Å². The Morgan fingerprint density at radius 3 is 2.18 bits per heavy atom. The van der Waals surface area contributed by atoms with Crippen LogP contribution >= 0.6 is 0 Å². The Hall–Kier alpha value is -0.160. The lowest BCUT2D eigenvalue weighted by Crippen LogP contribution is -2.43. The number of hydrogen-bond donors (Lipinski definition) is 1. The number of nitrogens with zero attached hydrogens (tertiary/aromatic N) is 1. The van der Waals surface area contributed by atoms with Crippen molar-refractivity contribution in [1.82, 2.24) is 4.90 Å². The molecule has 102 valence electrons. The van der Waals surface area contributed by atoms with E-state index in [-0.39, 0.29) is 6.29 Å². The molecule has 0 heterocycles. The number of ether oxygens (including phenoxy) is 2. The summed E-state index contributed by atoms with van der Waals surface area (Å²) < 4.78 is 11.0. The fourth-order valence-electron chi connectivity index (χ4n) is 2.54. The van der Waals surface area contributed by atoms with Crippen LogP contribution in [0, 0.1) is 0 Å². The van der Waals surface area contributed by atoms with E-state index in [1.54, 1.807) is 0 Å². The highest BCUT2D eigenvalue weighted by atomic mass is 16.7. The molecule has 17 heavy (non-hydrogen) atoms. The van der Waals surface area contributed by atoms with Gasteiger partial charge in [-0.25, -0.2) is 0 Å². The zero-order valence-electron chi connectivity index (χ0n) is 11.4. The molecule has 1 fully saturated rings. The summed E-state index contributed by atoms with van der Waals surface area (Å²) in [5, 5.41) is 10.3. The van der Waals surface area contributed by atoms with E-state index < -0.39 is 5.60 Å². The van der Waals surface area contributed by atoms with Gasteiger partial charge in [-0.1, -0.05) is 12.8 Å². The number of aliphatic hydroxyl groups is 1. The predicted molar refractivity (Wildman–Crippen MR) is 68.0 cm³/mol. The van der Waals surface area contributed by atoms with Crippen LogP contribution in [-0.2, 0) is 9.47 Å². The van der Waals surface area contributed by atoms with Gasteiger partial charge in [0, 0.05) is 26.3 Å². The third kappa shape index (κ3) is 5.34. The van der Waals surface area contributed by atoms with E-state index in [0.717, 1.165) is 25.7 Å². The summed E-state index contributed by atoms with van der Waals surface area (Å²) in [6.45, 7) is 6.67. The van der Waals surface area contributed by atoms with E-state index in [2.05, 4.69) is 4.90 Å². The average Bonchev–Trinajstić information content (AvgIpc) is 2.65. The van der Waals surface area contributed by atoms with Crippen molar-refractivity contribution in [3.63, 3.8) is 0 Å². The van der Waals surface area contributed by atoms with E-state index in [1.165, 1.54) is 0 Å². The normalized spacial score (nSPS) is 19.4. The molecule has 0 bridgehead atoms. The second kappa shape index (κ2) is 7.31. The molecule has 1 rings (SSSR count). The molecule has 0 spiro atoms. The van der Waals surface area contributed by atoms with Crippen molar-refractivity contribution >= 4 is 0 Å². The Morgan fingerprint density at radius 1 is 1.18 bits per heavy atom. The van der Waals surface area contributed by atoms with Gasteiger partial charge in [0.2, 0.25) is 0 Å². The molecular formula is C13H27NO3. The highest BCUT2D eigenvalue weighted by Crippen LogP contribution is 2.29. The molecule has 0 aromatic heterocycles. The zero-order chi connectivity index (χ0) is 12.7. The van der Waals surface area contributed by atoms with Gasteiger partial charge in [-0.15, -0.1) is 0 Å². The van der Waals surface area contributed by atoms with Gasteiger partial charge < -0.3 is 14.6 Å². The molecule has 1 aliphatic carbocycles. The van der Waals surface area contributed by atoms with Gasteiger partial charge in [-0.3, -0.25) is 4.90 Å². The molecule has 0 aromatic rings. The largest absolute Gasteiger partial charge is 0.389 e. The second-order valence-corrected chi connectivity index (χ2v) is 4.97. The molecule has 0 aromatic carbocycles. The van der Waals surface area contributed by atoms with Gasteiger partial charge in [0.25, 0.3) is 0 Å². The third-order valence-corrected chi connectivity index (χ3v) is 3.26. The fourth-order valence-corrected chi connectivity index (χ4v) is 2.54. The van der Waals surface area contributed by atoms with Crippen molar-refractivity contribution in [2.45, 2.75) is 51.4 Å². The van der Waals surface area contributed by atoms with Crippen LogP contribution in [0.15, 0.2) is 0 Å². The Bertz CT molecular complexity index is 199. The van der Waals surface area contributed by atoms with Crippen LogP contribution in [-0.4, -0.2) is 55.2 Å². The molecule has 1 aliphatic rings. The summed E-state index contributed by atoms with van der Waals surface area (Å²) in [4.78, 5) is 2.11. The van der Waals surface area contributed by atoms with Crippen LogP contribution in [0.1, 0.15) is 39.5 Å². The first-order valence-corrected chi connectivity index (χ1v) is 6.74. The molecule has 0 aliphatic heterocycles. The zero-order valence-corrected chi connectivity index (χ0v) is 11.4. The third-order valence-electron chi connectivity index (χ3n) is 3.26. The Balaban J connectivity index is 2.32. The molecule has 4 heteroatoms. The maximum absolute atomic E-state index is 10.3. The number of hydrogen-bond acceptors (Lipinski definition) is 4. The van der Waals surface area contributed by atoms with Crippen LogP contribution in [0.5, 0.6) is 0 Å². The summed E-state index contributed by atoms with van der Waals surface area (Å²) in [7, 11) is 2.02. The lowest BCUT2D eigenvalue weighted by atomic mass is 10.0. The van der Waals surface area contributed by atoms with Gasteiger partial charge in [0.05, 0.1) is 5.60 Å². The van der Waals surface area contributed by atoms with E-state index in [0.29, 0.717) is 26.3 Å². The van der Waals surface area contributed by atoms with Crippen molar-refractivity contribution < 1.29 is 14.6 Å². The van der Waals surface area contributed by atoms with Gasteiger partial charge in [0.1, 0.15) is 0 Å². The van der Waals surface area contributed by atoms with E-state index in [1.807, 2.05) is 20.9 Å². The molecule has 0 amide bonds. The average molecular weight is 245 g/mol. The minimum absolute atomic E-state index is 0.181. The van der Waals surface area contributed by atoms with Gasteiger partial charge in [0.15, 0.2) is 6.29 Å². The summed E-state index contributed by atoms with van der Waals surface area (Å²) in [6.07, 6.45) is 3.95. The molecular weight excluding hydrogens is 218 g/mol. The summed E-state index contributed by atoms with van der Waals surface area (Å²) in [5.74, 6) is 0. The smallest absolute Gasteiger partial charge is 0.170 e. The van der Waals surface area contributed by atoms with Crippen LogP contribution in [0.3, 0.4) is 0 Å². The summed E-state index contributed by atoms with van der Waals surface area (Å²) >= 11 is 0. The van der Waals surface area contributed by atoms with Crippen LogP contribution in [0.2, 0.25) is 0 Å². The van der Waals surface area contributed by atoms with Crippen molar-refractivity contribution in [3.05, 3.63) is 0 Å².